The van der Waals surface area contributed by atoms with Crippen molar-refractivity contribution in [3.63, 3.8) is 0 Å². The van der Waals surface area contributed by atoms with Crippen LogP contribution in [0.1, 0.15) is 35.6 Å². The standard InChI is InChI=1S/C16H15NO4/c1-9(16(19)20-2)10-5-6-13-12(8-10)14(18)11-4-3-7-17-15(11)21-13/h3-9,14,18H,1-2H3. The Morgan fingerprint density at radius 3 is 2.95 bits per heavy atom. The van der Waals surface area contributed by atoms with Crippen LogP contribution in [0.2, 0.25) is 0 Å². The zero-order chi connectivity index (χ0) is 15.0. The molecule has 1 N–H and O–H groups in total. The minimum atomic E-state index is -0.817. The van der Waals surface area contributed by atoms with Gasteiger partial charge in [-0.2, -0.15) is 0 Å². The maximum Gasteiger partial charge on any atom is 0.312 e. The van der Waals surface area contributed by atoms with Crippen LogP contribution in [0.25, 0.3) is 0 Å². The van der Waals surface area contributed by atoms with E-state index in [1.54, 1.807) is 43.5 Å². The second-order valence-corrected chi connectivity index (χ2v) is 4.94. The average Bonchev–Trinajstić information content (AvgIpc) is 2.53. The molecule has 1 aromatic heterocycles. The van der Waals surface area contributed by atoms with E-state index in [0.29, 0.717) is 22.8 Å². The summed E-state index contributed by atoms with van der Waals surface area (Å²) in [6, 6.07) is 8.83. The molecule has 2 unspecified atom stereocenters. The van der Waals surface area contributed by atoms with E-state index in [0.717, 1.165) is 5.56 Å². The number of aromatic nitrogens is 1. The molecule has 0 saturated heterocycles. The van der Waals surface area contributed by atoms with Gasteiger partial charge in [-0.25, -0.2) is 4.98 Å². The first-order valence-electron chi connectivity index (χ1n) is 6.64. The molecule has 1 aliphatic rings. The van der Waals surface area contributed by atoms with Gasteiger partial charge in [0.25, 0.3) is 0 Å². The number of carbonyl (C=O) groups is 1. The van der Waals surface area contributed by atoms with Crippen molar-refractivity contribution >= 4 is 5.97 Å². The molecule has 3 rings (SSSR count). The van der Waals surface area contributed by atoms with E-state index in [1.807, 2.05) is 0 Å². The molecule has 0 spiro atoms. The van der Waals surface area contributed by atoms with Gasteiger partial charge in [0.05, 0.1) is 13.0 Å². The Hall–Kier alpha value is -2.40. The Bertz CT molecular complexity index is 698. The van der Waals surface area contributed by atoms with E-state index < -0.39 is 12.0 Å². The van der Waals surface area contributed by atoms with Crippen molar-refractivity contribution in [3.05, 3.63) is 53.2 Å². The number of rotatable bonds is 2. The summed E-state index contributed by atoms with van der Waals surface area (Å²) in [6.45, 7) is 1.76. The van der Waals surface area contributed by atoms with Crippen LogP contribution in [-0.4, -0.2) is 23.2 Å². The molecule has 108 valence electrons. The van der Waals surface area contributed by atoms with Gasteiger partial charge in [0.2, 0.25) is 5.88 Å². The maximum absolute atomic E-state index is 11.6. The molecule has 0 radical (unpaired) electrons. The number of esters is 1. The number of fused-ring (bicyclic) bond motifs is 2. The average molecular weight is 285 g/mol. The number of aliphatic hydroxyl groups excluding tert-OH is 1. The van der Waals surface area contributed by atoms with Crippen molar-refractivity contribution in [3.8, 4) is 11.6 Å². The minimum Gasteiger partial charge on any atom is -0.469 e. The van der Waals surface area contributed by atoms with Gasteiger partial charge < -0.3 is 14.6 Å². The quantitative estimate of drug-likeness (QED) is 0.859. The van der Waals surface area contributed by atoms with E-state index in [9.17, 15) is 9.90 Å². The first-order valence-corrected chi connectivity index (χ1v) is 6.64. The van der Waals surface area contributed by atoms with Gasteiger partial charge in [-0.05, 0) is 36.8 Å². The summed E-state index contributed by atoms with van der Waals surface area (Å²) in [4.78, 5) is 15.7. The second kappa shape index (κ2) is 5.18. The van der Waals surface area contributed by atoms with Crippen molar-refractivity contribution in [1.29, 1.82) is 0 Å². The van der Waals surface area contributed by atoms with Crippen LogP contribution in [0, 0.1) is 0 Å². The van der Waals surface area contributed by atoms with Crippen LogP contribution in [0.4, 0.5) is 0 Å². The molecule has 5 heteroatoms. The number of pyridine rings is 1. The lowest BCUT2D eigenvalue weighted by Crippen LogP contribution is -2.14. The lowest BCUT2D eigenvalue weighted by Gasteiger charge is -2.24. The molecular formula is C16H15NO4. The predicted octanol–water partition coefficient (Wildman–Crippen LogP) is 2.55. The van der Waals surface area contributed by atoms with Crippen LogP contribution in [0.3, 0.4) is 0 Å². The zero-order valence-corrected chi connectivity index (χ0v) is 11.7. The number of methoxy groups -OCH3 is 1. The van der Waals surface area contributed by atoms with Crippen LogP contribution >= 0.6 is 0 Å². The van der Waals surface area contributed by atoms with E-state index in [1.165, 1.54) is 7.11 Å². The summed E-state index contributed by atoms with van der Waals surface area (Å²) >= 11 is 0. The molecule has 0 aliphatic carbocycles. The Morgan fingerprint density at radius 1 is 1.38 bits per heavy atom. The van der Waals surface area contributed by atoms with Gasteiger partial charge in [-0.15, -0.1) is 0 Å². The number of hydrogen-bond donors (Lipinski definition) is 1. The third kappa shape index (κ3) is 2.25. The number of carbonyl (C=O) groups excluding carboxylic acids is 1. The van der Waals surface area contributed by atoms with Crippen LogP contribution in [0.5, 0.6) is 11.6 Å². The van der Waals surface area contributed by atoms with Crippen LogP contribution in [0.15, 0.2) is 36.5 Å². The minimum absolute atomic E-state index is 0.316. The molecule has 0 fully saturated rings. The monoisotopic (exact) mass is 285 g/mol. The summed E-state index contributed by atoms with van der Waals surface area (Å²) in [5, 5.41) is 10.5. The fourth-order valence-electron chi connectivity index (χ4n) is 2.42. The fraction of sp³-hybridized carbons (Fsp3) is 0.250. The highest BCUT2D eigenvalue weighted by molar-refractivity contribution is 5.77. The van der Waals surface area contributed by atoms with Crippen molar-refractivity contribution in [2.45, 2.75) is 18.9 Å². The molecule has 2 heterocycles. The van der Waals surface area contributed by atoms with Gasteiger partial charge in [0, 0.05) is 17.3 Å². The normalized spacial score (nSPS) is 17.2. The number of hydrogen-bond acceptors (Lipinski definition) is 5. The molecular weight excluding hydrogens is 270 g/mol. The summed E-state index contributed by atoms with van der Waals surface area (Å²) in [5.41, 5.74) is 2.02. The Kier molecular flexibility index (Phi) is 3.35. The largest absolute Gasteiger partial charge is 0.469 e. The Balaban J connectivity index is 2.01. The number of benzene rings is 1. The summed E-state index contributed by atoms with van der Waals surface area (Å²) in [6.07, 6.45) is 0.798. The van der Waals surface area contributed by atoms with Crippen LogP contribution < -0.4 is 4.74 Å². The summed E-state index contributed by atoms with van der Waals surface area (Å²) in [7, 11) is 1.36. The molecule has 0 bridgehead atoms. The smallest absolute Gasteiger partial charge is 0.312 e. The third-order valence-corrected chi connectivity index (χ3v) is 3.68. The van der Waals surface area contributed by atoms with E-state index in [4.69, 9.17) is 9.47 Å². The molecule has 1 aliphatic heterocycles. The Labute approximate surface area is 122 Å². The van der Waals surface area contributed by atoms with Crippen LogP contribution in [-0.2, 0) is 9.53 Å². The van der Waals surface area contributed by atoms with E-state index in [2.05, 4.69) is 4.98 Å². The number of ether oxygens (including phenoxy) is 2. The maximum atomic E-state index is 11.6. The second-order valence-electron chi connectivity index (χ2n) is 4.94. The summed E-state index contributed by atoms with van der Waals surface area (Å²) in [5.74, 6) is 0.242. The summed E-state index contributed by atoms with van der Waals surface area (Å²) < 4.78 is 10.4. The van der Waals surface area contributed by atoms with Gasteiger partial charge in [-0.1, -0.05) is 6.07 Å². The topological polar surface area (TPSA) is 68.7 Å². The van der Waals surface area contributed by atoms with Crippen molar-refractivity contribution < 1.29 is 19.4 Å². The lowest BCUT2D eigenvalue weighted by atomic mass is 9.93. The number of nitrogens with zero attached hydrogens (tertiary/aromatic N) is 1. The molecule has 0 amide bonds. The first kappa shape index (κ1) is 13.6. The van der Waals surface area contributed by atoms with E-state index >= 15 is 0 Å². The fourth-order valence-corrected chi connectivity index (χ4v) is 2.42. The van der Waals surface area contributed by atoms with E-state index in [-0.39, 0.29) is 5.97 Å². The molecule has 21 heavy (non-hydrogen) atoms. The first-order chi connectivity index (χ1) is 10.1. The van der Waals surface area contributed by atoms with Gasteiger partial charge in [0.1, 0.15) is 11.9 Å². The van der Waals surface area contributed by atoms with Gasteiger partial charge in [-0.3, -0.25) is 4.79 Å². The molecule has 0 saturated carbocycles. The zero-order valence-electron chi connectivity index (χ0n) is 11.7. The van der Waals surface area contributed by atoms with Crippen molar-refractivity contribution in [1.82, 2.24) is 4.98 Å². The lowest BCUT2D eigenvalue weighted by molar-refractivity contribution is -0.142. The van der Waals surface area contributed by atoms with Gasteiger partial charge in [0.15, 0.2) is 0 Å². The highest BCUT2D eigenvalue weighted by Crippen LogP contribution is 2.42. The van der Waals surface area contributed by atoms with Crippen molar-refractivity contribution in [2.24, 2.45) is 0 Å². The van der Waals surface area contributed by atoms with Crippen molar-refractivity contribution in [2.75, 3.05) is 7.11 Å². The third-order valence-electron chi connectivity index (χ3n) is 3.68. The molecule has 2 atom stereocenters. The SMILES string of the molecule is COC(=O)C(C)c1ccc2c(c1)C(O)c1cccnc1O2. The van der Waals surface area contributed by atoms with Gasteiger partial charge >= 0.3 is 5.97 Å². The Morgan fingerprint density at radius 2 is 2.19 bits per heavy atom. The predicted molar refractivity (Wildman–Crippen MR) is 75.2 cm³/mol. The molecule has 5 nitrogen and oxygen atoms in total. The number of aliphatic hydroxyl groups is 1. The molecule has 2 aromatic rings. The highest BCUT2D eigenvalue weighted by atomic mass is 16.5. The highest BCUT2D eigenvalue weighted by Gasteiger charge is 2.28. The molecule has 1 aromatic carbocycles.